The molecule has 1 aromatic rings. The standard InChI is InChI=1S/C16H25NO/c1-3-13(18)10-11-17-16-9-8-12(2)14-6-4-5-7-15(14)16/h4-7,12-13,16-18H,3,8-11H2,1-2H3. The Kier molecular flexibility index (Phi) is 4.79. The van der Waals surface area contributed by atoms with Gasteiger partial charge >= 0.3 is 0 Å². The van der Waals surface area contributed by atoms with Gasteiger partial charge in [-0.2, -0.15) is 0 Å². The van der Waals surface area contributed by atoms with Gasteiger partial charge in [0, 0.05) is 6.04 Å². The summed E-state index contributed by atoms with van der Waals surface area (Å²) in [4.78, 5) is 0. The predicted molar refractivity (Wildman–Crippen MR) is 75.7 cm³/mol. The Morgan fingerprint density at radius 3 is 2.72 bits per heavy atom. The molecule has 0 radical (unpaired) electrons. The molecule has 18 heavy (non-hydrogen) atoms. The maximum absolute atomic E-state index is 9.58. The highest BCUT2D eigenvalue weighted by molar-refractivity contribution is 5.34. The summed E-state index contributed by atoms with van der Waals surface area (Å²) in [5.74, 6) is 0.681. The minimum atomic E-state index is -0.157. The minimum Gasteiger partial charge on any atom is -0.393 e. The highest BCUT2D eigenvalue weighted by Gasteiger charge is 2.23. The van der Waals surface area contributed by atoms with Crippen LogP contribution in [0.25, 0.3) is 0 Å². The van der Waals surface area contributed by atoms with Crippen molar-refractivity contribution in [3.05, 3.63) is 35.4 Å². The van der Waals surface area contributed by atoms with Crippen molar-refractivity contribution in [2.45, 2.75) is 57.6 Å². The van der Waals surface area contributed by atoms with Gasteiger partial charge in [0.05, 0.1) is 6.10 Å². The topological polar surface area (TPSA) is 32.3 Å². The molecule has 2 rings (SSSR count). The van der Waals surface area contributed by atoms with Crippen LogP contribution in [-0.4, -0.2) is 17.8 Å². The first-order valence-electron chi connectivity index (χ1n) is 7.22. The summed E-state index contributed by atoms with van der Waals surface area (Å²) in [6.45, 7) is 5.25. The fourth-order valence-corrected chi connectivity index (χ4v) is 2.85. The molecular formula is C16H25NO. The smallest absolute Gasteiger partial charge is 0.0549 e. The van der Waals surface area contributed by atoms with Crippen LogP contribution in [0.1, 0.15) is 62.6 Å². The van der Waals surface area contributed by atoms with Crippen molar-refractivity contribution in [2.24, 2.45) is 0 Å². The molecule has 0 aromatic heterocycles. The Bertz CT molecular complexity index is 377. The van der Waals surface area contributed by atoms with Gasteiger partial charge in [0.25, 0.3) is 0 Å². The van der Waals surface area contributed by atoms with Crippen molar-refractivity contribution < 1.29 is 5.11 Å². The Morgan fingerprint density at radius 2 is 2.00 bits per heavy atom. The fourth-order valence-electron chi connectivity index (χ4n) is 2.85. The van der Waals surface area contributed by atoms with Gasteiger partial charge in [-0.25, -0.2) is 0 Å². The fraction of sp³-hybridized carbons (Fsp3) is 0.625. The second kappa shape index (κ2) is 6.35. The molecule has 2 nitrogen and oxygen atoms in total. The molecule has 0 fully saturated rings. The van der Waals surface area contributed by atoms with E-state index in [9.17, 15) is 5.11 Å². The molecule has 0 saturated heterocycles. The molecule has 0 spiro atoms. The summed E-state index contributed by atoms with van der Waals surface area (Å²) in [6, 6.07) is 9.25. The van der Waals surface area contributed by atoms with Crippen LogP contribution in [-0.2, 0) is 0 Å². The number of fused-ring (bicyclic) bond motifs is 1. The zero-order chi connectivity index (χ0) is 13.0. The number of aliphatic hydroxyl groups excluding tert-OH is 1. The van der Waals surface area contributed by atoms with Crippen LogP contribution >= 0.6 is 0 Å². The van der Waals surface area contributed by atoms with Gasteiger partial charge in [-0.15, -0.1) is 0 Å². The molecule has 3 atom stereocenters. The number of hydrogen-bond acceptors (Lipinski definition) is 2. The second-order valence-electron chi connectivity index (χ2n) is 5.46. The lowest BCUT2D eigenvalue weighted by Gasteiger charge is -2.30. The molecule has 0 bridgehead atoms. The van der Waals surface area contributed by atoms with E-state index in [0.29, 0.717) is 12.0 Å². The Hall–Kier alpha value is -0.860. The molecule has 100 valence electrons. The van der Waals surface area contributed by atoms with Crippen molar-refractivity contribution in [3.8, 4) is 0 Å². The molecule has 3 unspecified atom stereocenters. The van der Waals surface area contributed by atoms with Crippen molar-refractivity contribution >= 4 is 0 Å². The molecule has 0 amide bonds. The number of benzene rings is 1. The van der Waals surface area contributed by atoms with Crippen LogP contribution < -0.4 is 5.32 Å². The van der Waals surface area contributed by atoms with Crippen molar-refractivity contribution in [2.75, 3.05) is 6.54 Å². The van der Waals surface area contributed by atoms with Gasteiger partial charge < -0.3 is 10.4 Å². The number of nitrogens with one attached hydrogen (secondary N) is 1. The largest absolute Gasteiger partial charge is 0.393 e. The molecule has 2 N–H and O–H groups in total. The van der Waals surface area contributed by atoms with Gasteiger partial charge in [-0.3, -0.25) is 0 Å². The molecule has 1 aliphatic carbocycles. The highest BCUT2D eigenvalue weighted by atomic mass is 16.3. The molecule has 0 saturated carbocycles. The average Bonchev–Trinajstić information content (AvgIpc) is 2.41. The van der Waals surface area contributed by atoms with Crippen LogP contribution in [0.3, 0.4) is 0 Å². The van der Waals surface area contributed by atoms with E-state index in [1.54, 1.807) is 0 Å². The third-order valence-corrected chi connectivity index (χ3v) is 4.13. The molecular weight excluding hydrogens is 222 g/mol. The molecule has 2 heteroatoms. The number of aliphatic hydroxyl groups is 1. The Morgan fingerprint density at radius 1 is 1.28 bits per heavy atom. The van der Waals surface area contributed by atoms with Crippen molar-refractivity contribution in [1.82, 2.24) is 5.32 Å². The Balaban J connectivity index is 1.96. The summed E-state index contributed by atoms with van der Waals surface area (Å²) < 4.78 is 0. The van der Waals surface area contributed by atoms with Crippen molar-refractivity contribution in [1.29, 1.82) is 0 Å². The van der Waals surface area contributed by atoms with E-state index in [1.807, 2.05) is 6.92 Å². The maximum atomic E-state index is 9.58. The first kappa shape index (κ1) is 13.6. The van der Waals surface area contributed by atoms with E-state index < -0.39 is 0 Å². The first-order chi connectivity index (χ1) is 8.72. The summed E-state index contributed by atoms with van der Waals surface area (Å²) in [5, 5.41) is 13.2. The summed E-state index contributed by atoms with van der Waals surface area (Å²) in [6.07, 6.45) is 4.01. The average molecular weight is 247 g/mol. The zero-order valence-corrected chi connectivity index (χ0v) is 11.5. The van der Waals surface area contributed by atoms with Crippen LogP contribution in [0, 0.1) is 0 Å². The normalized spacial score (nSPS) is 24.6. The summed E-state index contributed by atoms with van der Waals surface area (Å²) in [7, 11) is 0. The first-order valence-corrected chi connectivity index (χ1v) is 7.22. The van der Waals surface area contributed by atoms with Gasteiger partial charge in [-0.1, -0.05) is 38.1 Å². The maximum Gasteiger partial charge on any atom is 0.0549 e. The van der Waals surface area contributed by atoms with Crippen LogP contribution in [0.15, 0.2) is 24.3 Å². The van der Waals surface area contributed by atoms with E-state index in [0.717, 1.165) is 19.4 Å². The monoisotopic (exact) mass is 247 g/mol. The van der Waals surface area contributed by atoms with Gasteiger partial charge in [0.15, 0.2) is 0 Å². The second-order valence-corrected chi connectivity index (χ2v) is 5.46. The molecule has 1 aliphatic rings. The van der Waals surface area contributed by atoms with E-state index in [2.05, 4.69) is 36.5 Å². The van der Waals surface area contributed by atoms with Crippen LogP contribution in [0.2, 0.25) is 0 Å². The highest BCUT2D eigenvalue weighted by Crippen LogP contribution is 2.36. The summed E-state index contributed by atoms with van der Waals surface area (Å²) >= 11 is 0. The van der Waals surface area contributed by atoms with Crippen LogP contribution in [0.5, 0.6) is 0 Å². The quantitative estimate of drug-likeness (QED) is 0.836. The zero-order valence-electron chi connectivity index (χ0n) is 11.5. The molecule has 0 aliphatic heterocycles. The van der Waals surface area contributed by atoms with Gasteiger partial charge in [-0.05, 0) is 49.3 Å². The van der Waals surface area contributed by atoms with Gasteiger partial charge in [0.1, 0.15) is 0 Å². The predicted octanol–water partition coefficient (Wildman–Crippen LogP) is 3.38. The van der Waals surface area contributed by atoms with E-state index in [1.165, 1.54) is 24.0 Å². The lowest BCUT2D eigenvalue weighted by atomic mass is 9.81. The SMILES string of the molecule is CCC(O)CCNC1CCC(C)c2ccccc21. The summed E-state index contributed by atoms with van der Waals surface area (Å²) in [5.41, 5.74) is 2.96. The lowest BCUT2D eigenvalue weighted by Crippen LogP contribution is -2.28. The third-order valence-electron chi connectivity index (χ3n) is 4.13. The molecule has 1 aromatic carbocycles. The lowest BCUT2D eigenvalue weighted by molar-refractivity contribution is 0.158. The molecule has 0 heterocycles. The Labute approximate surface area is 110 Å². The van der Waals surface area contributed by atoms with E-state index in [4.69, 9.17) is 0 Å². The van der Waals surface area contributed by atoms with E-state index in [-0.39, 0.29) is 6.10 Å². The van der Waals surface area contributed by atoms with Crippen molar-refractivity contribution in [3.63, 3.8) is 0 Å². The number of rotatable bonds is 5. The minimum absolute atomic E-state index is 0.157. The van der Waals surface area contributed by atoms with E-state index >= 15 is 0 Å². The van der Waals surface area contributed by atoms with Crippen LogP contribution in [0.4, 0.5) is 0 Å². The third kappa shape index (κ3) is 3.12. The van der Waals surface area contributed by atoms with Gasteiger partial charge in [0.2, 0.25) is 0 Å². The number of hydrogen-bond donors (Lipinski definition) is 2.